The van der Waals surface area contributed by atoms with E-state index in [4.69, 9.17) is 4.74 Å². The van der Waals surface area contributed by atoms with Crippen molar-refractivity contribution in [3.05, 3.63) is 152 Å². The second-order valence-electron chi connectivity index (χ2n) is 12.4. The predicted octanol–water partition coefficient (Wildman–Crippen LogP) is 12.4. The van der Waals surface area contributed by atoms with Gasteiger partial charge in [-0.3, -0.25) is 0 Å². The standard InChI is InChI=1S/C44H29NO/c1-2-12-30(13-3-1)45-39-25-22-28-11-4-5-15-32(28)43(39)38-23-21-29(27-40(38)45)31-14-6-7-16-33(31)34-24-26-42-44-36(34)18-10-19-37(44)35-17-8-9-20-41(35)46-42/h1-2,4-12,14-27H,3,13H2. The molecule has 7 aromatic carbocycles. The molecule has 216 valence electrons. The fraction of sp³-hybridized carbons (Fsp3) is 0.0455. The van der Waals surface area contributed by atoms with Gasteiger partial charge < -0.3 is 9.30 Å². The Morgan fingerprint density at radius 1 is 0.500 bits per heavy atom. The first-order valence-electron chi connectivity index (χ1n) is 16.1. The highest BCUT2D eigenvalue weighted by Gasteiger charge is 2.23. The summed E-state index contributed by atoms with van der Waals surface area (Å²) < 4.78 is 8.92. The summed E-state index contributed by atoms with van der Waals surface area (Å²) in [4.78, 5) is 0. The lowest BCUT2D eigenvalue weighted by Crippen LogP contribution is -1.99. The van der Waals surface area contributed by atoms with Gasteiger partial charge >= 0.3 is 0 Å². The molecule has 0 saturated carbocycles. The van der Waals surface area contributed by atoms with Crippen molar-refractivity contribution in [1.29, 1.82) is 0 Å². The molecule has 8 aromatic rings. The predicted molar refractivity (Wildman–Crippen MR) is 193 cm³/mol. The Labute approximate surface area is 267 Å². The molecule has 2 heteroatoms. The summed E-state index contributed by atoms with van der Waals surface area (Å²) in [6.07, 6.45) is 8.83. The molecule has 2 nitrogen and oxygen atoms in total. The molecule has 2 heterocycles. The van der Waals surface area contributed by atoms with Crippen molar-refractivity contribution >= 4 is 49.0 Å². The number of para-hydroxylation sites is 1. The molecule has 0 radical (unpaired) electrons. The first kappa shape index (κ1) is 25.5. The van der Waals surface area contributed by atoms with Crippen molar-refractivity contribution in [2.45, 2.75) is 12.8 Å². The maximum Gasteiger partial charge on any atom is 0.135 e. The number of benzene rings is 7. The summed E-state index contributed by atoms with van der Waals surface area (Å²) in [5, 5.41) is 7.58. The molecule has 0 bridgehead atoms. The van der Waals surface area contributed by atoms with Crippen LogP contribution in [0.4, 0.5) is 0 Å². The highest BCUT2D eigenvalue weighted by molar-refractivity contribution is 6.22. The Balaban J connectivity index is 1.22. The molecular formula is C44H29NO. The van der Waals surface area contributed by atoms with E-state index in [0.29, 0.717) is 0 Å². The van der Waals surface area contributed by atoms with Crippen molar-refractivity contribution in [3.8, 4) is 44.9 Å². The van der Waals surface area contributed by atoms with Crippen LogP contribution in [0.15, 0.2) is 152 Å². The van der Waals surface area contributed by atoms with Crippen LogP contribution in [0.3, 0.4) is 0 Å². The summed E-state index contributed by atoms with van der Waals surface area (Å²) in [7, 11) is 0. The van der Waals surface area contributed by atoms with Crippen LogP contribution >= 0.6 is 0 Å². The Kier molecular flexibility index (Phi) is 5.44. The van der Waals surface area contributed by atoms with E-state index in [0.717, 1.165) is 29.9 Å². The molecule has 0 saturated heterocycles. The molecule has 0 atom stereocenters. The van der Waals surface area contributed by atoms with Gasteiger partial charge in [-0.25, -0.2) is 0 Å². The van der Waals surface area contributed by atoms with Crippen LogP contribution in [-0.4, -0.2) is 4.57 Å². The molecular weight excluding hydrogens is 558 g/mol. The van der Waals surface area contributed by atoms with Gasteiger partial charge in [-0.15, -0.1) is 0 Å². The van der Waals surface area contributed by atoms with E-state index in [1.807, 2.05) is 6.07 Å². The lowest BCUT2D eigenvalue weighted by molar-refractivity contribution is 0.487. The minimum atomic E-state index is 0.913. The van der Waals surface area contributed by atoms with Crippen LogP contribution in [0.1, 0.15) is 12.8 Å². The third kappa shape index (κ3) is 3.64. The number of ether oxygens (including phenoxy) is 1. The summed E-state index contributed by atoms with van der Waals surface area (Å²) in [6.45, 7) is 0. The van der Waals surface area contributed by atoms with Gasteiger partial charge in [0.15, 0.2) is 0 Å². The van der Waals surface area contributed by atoms with Gasteiger partial charge in [0.25, 0.3) is 0 Å². The number of fused-ring (bicyclic) bond motifs is 7. The quantitative estimate of drug-likeness (QED) is 0.201. The topological polar surface area (TPSA) is 14.2 Å². The number of rotatable bonds is 3. The minimum absolute atomic E-state index is 0.913. The molecule has 0 N–H and O–H groups in total. The third-order valence-corrected chi connectivity index (χ3v) is 9.86. The van der Waals surface area contributed by atoms with Crippen LogP contribution in [0.5, 0.6) is 11.5 Å². The molecule has 0 unspecified atom stereocenters. The minimum Gasteiger partial charge on any atom is -0.456 e. The van der Waals surface area contributed by atoms with Crippen LogP contribution < -0.4 is 4.74 Å². The van der Waals surface area contributed by atoms with Crippen LogP contribution in [-0.2, 0) is 0 Å². The lowest BCUT2D eigenvalue weighted by atomic mass is 9.87. The number of nitrogens with zero attached hydrogens (tertiary/aromatic N) is 1. The molecule has 1 aliphatic carbocycles. The van der Waals surface area contributed by atoms with E-state index in [1.54, 1.807) is 0 Å². The second kappa shape index (κ2) is 9.82. The first-order valence-corrected chi connectivity index (χ1v) is 16.1. The molecule has 2 aliphatic rings. The van der Waals surface area contributed by atoms with Gasteiger partial charge in [0.2, 0.25) is 0 Å². The van der Waals surface area contributed by atoms with E-state index in [9.17, 15) is 0 Å². The summed E-state index contributed by atoms with van der Waals surface area (Å²) in [5.41, 5.74) is 11.1. The SMILES string of the molecule is C1=CCCC(n2c3cc(-c4ccccc4-c4ccc5c6c(cccc46)-c4ccccc4O5)ccc3c3c4ccccc4ccc32)=C1. The number of hydrogen-bond donors (Lipinski definition) is 0. The molecule has 0 amide bonds. The van der Waals surface area contributed by atoms with Crippen molar-refractivity contribution in [3.63, 3.8) is 0 Å². The van der Waals surface area contributed by atoms with Crippen molar-refractivity contribution in [2.75, 3.05) is 0 Å². The average Bonchev–Trinajstić information content (AvgIpc) is 3.46. The number of aromatic nitrogens is 1. The normalized spacial score (nSPS) is 13.7. The first-order chi connectivity index (χ1) is 22.8. The average molecular weight is 588 g/mol. The Bertz CT molecular complexity index is 2610. The van der Waals surface area contributed by atoms with Gasteiger partial charge in [0.05, 0.1) is 11.0 Å². The molecule has 0 fully saturated rings. The van der Waals surface area contributed by atoms with Crippen LogP contribution in [0.2, 0.25) is 0 Å². The fourth-order valence-corrected chi connectivity index (χ4v) is 7.83. The van der Waals surface area contributed by atoms with Crippen molar-refractivity contribution < 1.29 is 4.74 Å². The van der Waals surface area contributed by atoms with E-state index < -0.39 is 0 Å². The zero-order valence-electron chi connectivity index (χ0n) is 25.2. The van der Waals surface area contributed by atoms with E-state index in [2.05, 4.69) is 150 Å². The largest absolute Gasteiger partial charge is 0.456 e. The van der Waals surface area contributed by atoms with E-state index >= 15 is 0 Å². The van der Waals surface area contributed by atoms with Crippen LogP contribution in [0.25, 0.3) is 82.4 Å². The second-order valence-corrected chi connectivity index (χ2v) is 12.4. The maximum atomic E-state index is 6.42. The fourth-order valence-electron chi connectivity index (χ4n) is 7.83. The van der Waals surface area contributed by atoms with Gasteiger partial charge in [-0.2, -0.15) is 0 Å². The number of allylic oxidation sites excluding steroid dienone is 4. The monoisotopic (exact) mass is 587 g/mol. The van der Waals surface area contributed by atoms with Crippen LogP contribution in [0, 0.1) is 0 Å². The highest BCUT2D eigenvalue weighted by atomic mass is 16.5. The Morgan fingerprint density at radius 3 is 2.22 bits per heavy atom. The van der Waals surface area contributed by atoms with E-state index in [1.165, 1.54) is 76.9 Å². The summed E-state index contributed by atoms with van der Waals surface area (Å²) in [6, 6.07) is 48.6. The Morgan fingerprint density at radius 2 is 1.30 bits per heavy atom. The molecule has 1 aromatic heterocycles. The maximum absolute atomic E-state index is 6.42. The molecule has 46 heavy (non-hydrogen) atoms. The number of hydrogen-bond acceptors (Lipinski definition) is 1. The molecule has 10 rings (SSSR count). The van der Waals surface area contributed by atoms with E-state index in [-0.39, 0.29) is 0 Å². The summed E-state index contributed by atoms with van der Waals surface area (Å²) in [5.74, 6) is 1.83. The van der Waals surface area contributed by atoms with Gasteiger partial charge in [-0.05, 0) is 87.2 Å². The smallest absolute Gasteiger partial charge is 0.135 e. The Hall–Kier alpha value is -5.86. The van der Waals surface area contributed by atoms with Gasteiger partial charge in [-0.1, -0.05) is 121 Å². The van der Waals surface area contributed by atoms with Crippen molar-refractivity contribution in [1.82, 2.24) is 4.57 Å². The van der Waals surface area contributed by atoms with Gasteiger partial charge in [0.1, 0.15) is 11.5 Å². The summed E-state index contributed by atoms with van der Waals surface area (Å²) >= 11 is 0. The molecule has 0 spiro atoms. The zero-order valence-corrected chi connectivity index (χ0v) is 25.2. The van der Waals surface area contributed by atoms with Gasteiger partial charge in [0, 0.05) is 27.4 Å². The molecule has 1 aliphatic heterocycles. The third-order valence-electron chi connectivity index (χ3n) is 9.86. The zero-order chi connectivity index (χ0) is 30.2. The highest BCUT2D eigenvalue weighted by Crippen LogP contribution is 2.49. The lowest BCUT2D eigenvalue weighted by Gasteiger charge is -2.23. The van der Waals surface area contributed by atoms with Crippen molar-refractivity contribution in [2.24, 2.45) is 0 Å².